The number of halogens is 1. The Kier molecular flexibility index (Phi) is 7.65. The summed E-state index contributed by atoms with van der Waals surface area (Å²) < 4.78 is 7.72. The molecule has 0 bridgehead atoms. The molecule has 0 radical (unpaired) electrons. The number of nitrogens with one attached hydrogen (secondary N) is 1. The molecule has 0 aliphatic heterocycles. The van der Waals surface area contributed by atoms with E-state index < -0.39 is 0 Å². The van der Waals surface area contributed by atoms with Crippen LogP contribution in [0, 0.1) is 0 Å². The molecule has 0 amide bonds. The number of rotatable bonds is 8. The van der Waals surface area contributed by atoms with E-state index in [4.69, 9.17) is 15.5 Å². The number of fused-ring (bicyclic) bond motifs is 1. The molecule has 5 rings (SSSR count). The average Bonchev–Trinajstić information content (AvgIpc) is 3.49. The lowest BCUT2D eigenvalue weighted by atomic mass is 10.2. The number of hydrogen-bond acceptors (Lipinski definition) is 5. The molecule has 36 heavy (non-hydrogen) atoms. The number of aliphatic imine (C=N–C) groups is 1. The highest BCUT2D eigenvalue weighted by Gasteiger charge is 2.09. The first-order valence-electron chi connectivity index (χ1n) is 11.5. The van der Waals surface area contributed by atoms with Crippen molar-refractivity contribution in [3.05, 3.63) is 95.8 Å². The topological polar surface area (TPSA) is 107 Å². The molecule has 2 heterocycles. The SMILES string of the molecule is CC(C)N=C(N)c1ccc2nc(-c3ccc(OCc4cn(Cc5ccccc5)nn4)cc3)[nH]c2c1.Cl. The molecule has 0 saturated carbocycles. The van der Waals surface area contributed by atoms with Crippen molar-refractivity contribution < 1.29 is 4.74 Å². The first-order valence-corrected chi connectivity index (χ1v) is 11.5. The Morgan fingerprint density at radius 1 is 1.06 bits per heavy atom. The summed E-state index contributed by atoms with van der Waals surface area (Å²) in [4.78, 5) is 12.5. The van der Waals surface area contributed by atoms with Crippen LogP contribution in [0.1, 0.15) is 30.7 Å². The van der Waals surface area contributed by atoms with Crippen LogP contribution >= 0.6 is 12.4 Å². The average molecular weight is 502 g/mol. The molecule has 0 aliphatic carbocycles. The van der Waals surface area contributed by atoms with E-state index in [1.165, 1.54) is 5.56 Å². The fourth-order valence-electron chi connectivity index (χ4n) is 3.78. The smallest absolute Gasteiger partial charge is 0.138 e. The zero-order chi connectivity index (χ0) is 24.2. The van der Waals surface area contributed by atoms with Gasteiger partial charge < -0.3 is 15.5 Å². The van der Waals surface area contributed by atoms with E-state index in [0.717, 1.165) is 39.4 Å². The molecule has 184 valence electrons. The van der Waals surface area contributed by atoms with E-state index in [-0.39, 0.29) is 18.4 Å². The second-order valence-electron chi connectivity index (χ2n) is 8.63. The molecule has 3 N–H and O–H groups in total. The van der Waals surface area contributed by atoms with Crippen molar-refractivity contribution in [2.24, 2.45) is 10.7 Å². The lowest BCUT2D eigenvalue weighted by Gasteiger charge is -2.04. The first-order chi connectivity index (χ1) is 17.0. The van der Waals surface area contributed by atoms with Gasteiger partial charge >= 0.3 is 0 Å². The number of ether oxygens (including phenoxy) is 1. The Morgan fingerprint density at radius 3 is 2.58 bits per heavy atom. The van der Waals surface area contributed by atoms with Gasteiger partial charge in [-0.05, 0) is 61.9 Å². The highest BCUT2D eigenvalue weighted by Crippen LogP contribution is 2.24. The number of hydrogen-bond donors (Lipinski definition) is 2. The van der Waals surface area contributed by atoms with Gasteiger partial charge in [0.15, 0.2) is 0 Å². The van der Waals surface area contributed by atoms with E-state index in [1.807, 2.05) is 85.4 Å². The van der Waals surface area contributed by atoms with Gasteiger partial charge in [-0.25, -0.2) is 9.67 Å². The lowest BCUT2D eigenvalue weighted by molar-refractivity contribution is 0.301. The Hall–Kier alpha value is -4.17. The summed E-state index contributed by atoms with van der Waals surface area (Å²) in [6.45, 7) is 5.03. The summed E-state index contributed by atoms with van der Waals surface area (Å²) in [5.41, 5.74) is 11.7. The van der Waals surface area contributed by atoms with Gasteiger partial charge in [0.1, 0.15) is 29.7 Å². The van der Waals surface area contributed by atoms with Gasteiger partial charge in [0.05, 0.1) is 23.8 Å². The Labute approximate surface area is 215 Å². The molecule has 0 aliphatic rings. The minimum atomic E-state index is 0. The summed E-state index contributed by atoms with van der Waals surface area (Å²) in [7, 11) is 0. The van der Waals surface area contributed by atoms with Crippen molar-refractivity contribution in [3.8, 4) is 17.1 Å². The highest BCUT2D eigenvalue weighted by molar-refractivity contribution is 6.00. The van der Waals surface area contributed by atoms with Crippen molar-refractivity contribution in [2.45, 2.75) is 33.0 Å². The molecular weight excluding hydrogens is 474 g/mol. The number of nitrogens with zero attached hydrogens (tertiary/aromatic N) is 5. The monoisotopic (exact) mass is 501 g/mol. The zero-order valence-electron chi connectivity index (χ0n) is 20.1. The standard InChI is InChI=1S/C27H27N7O.ClH/c1-18(2)29-26(28)21-10-13-24-25(14-21)31-27(30-24)20-8-11-23(12-9-20)35-17-22-16-34(33-32-22)15-19-6-4-3-5-7-19;/h3-14,16,18H,15,17H2,1-2H3,(H2,28,29)(H,30,31);1H. The third-order valence-electron chi connectivity index (χ3n) is 5.46. The minimum absolute atomic E-state index is 0. The molecule has 0 spiro atoms. The Bertz CT molecular complexity index is 1460. The summed E-state index contributed by atoms with van der Waals surface area (Å²) in [6.07, 6.45) is 1.91. The highest BCUT2D eigenvalue weighted by atomic mass is 35.5. The normalized spacial score (nSPS) is 11.6. The third-order valence-corrected chi connectivity index (χ3v) is 5.46. The largest absolute Gasteiger partial charge is 0.487 e. The quantitative estimate of drug-likeness (QED) is 0.230. The maximum absolute atomic E-state index is 6.12. The minimum Gasteiger partial charge on any atom is -0.487 e. The predicted molar refractivity (Wildman–Crippen MR) is 145 cm³/mol. The fourth-order valence-corrected chi connectivity index (χ4v) is 3.78. The van der Waals surface area contributed by atoms with Gasteiger partial charge in [0.25, 0.3) is 0 Å². The van der Waals surface area contributed by atoms with Gasteiger partial charge in [0, 0.05) is 17.2 Å². The van der Waals surface area contributed by atoms with E-state index in [0.29, 0.717) is 19.0 Å². The van der Waals surface area contributed by atoms with Crippen LogP contribution in [0.4, 0.5) is 0 Å². The number of aromatic nitrogens is 5. The molecule has 0 saturated heterocycles. The van der Waals surface area contributed by atoms with Gasteiger partial charge in [-0.2, -0.15) is 0 Å². The van der Waals surface area contributed by atoms with Crippen LogP contribution in [-0.2, 0) is 13.2 Å². The second-order valence-corrected chi connectivity index (χ2v) is 8.63. The molecule has 9 heteroatoms. The van der Waals surface area contributed by atoms with Crippen molar-refractivity contribution in [3.63, 3.8) is 0 Å². The lowest BCUT2D eigenvalue weighted by Crippen LogP contribution is -2.15. The molecule has 3 aromatic carbocycles. The van der Waals surface area contributed by atoms with Gasteiger partial charge in [-0.1, -0.05) is 35.5 Å². The number of nitrogens with two attached hydrogens (primary N) is 1. The number of H-pyrrole nitrogens is 1. The maximum Gasteiger partial charge on any atom is 0.138 e. The summed E-state index contributed by atoms with van der Waals surface area (Å²) >= 11 is 0. The van der Waals surface area contributed by atoms with Crippen LogP contribution in [0.25, 0.3) is 22.4 Å². The van der Waals surface area contributed by atoms with E-state index in [1.54, 1.807) is 0 Å². The van der Waals surface area contributed by atoms with E-state index in [9.17, 15) is 0 Å². The van der Waals surface area contributed by atoms with Crippen LogP contribution in [0.2, 0.25) is 0 Å². The second kappa shape index (κ2) is 11.0. The van der Waals surface area contributed by atoms with Crippen LogP contribution in [0.15, 0.2) is 84.0 Å². The zero-order valence-corrected chi connectivity index (χ0v) is 20.9. The molecular formula is C27H28ClN7O. The molecule has 0 fully saturated rings. The van der Waals surface area contributed by atoms with Crippen LogP contribution in [0.3, 0.4) is 0 Å². The Morgan fingerprint density at radius 2 is 1.83 bits per heavy atom. The Balaban J connectivity index is 0.00000304. The maximum atomic E-state index is 6.12. The van der Waals surface area contributed by atoms with E-state index in [2.05, 4.69) is 32.4 Å². The van der Waals surface area contributed by atoms with Crippen molar-refractivity contribution >= 4 is 29.3 Å². The molecule has 5 aromatic rings. The predicted octanol–water partition coefficient (Wildman–Crippen LogP) is 4.98. The third kappa shape index (κ3) is 5.90. The van der Waals surface area contributed by atoms with Crippen molar-refractivity contribution in [1.82, 2.24) is 25.0 Å². The van der Waals surface area contributed by atoms with Gasteiger partial charge in [-0.3, -0.25) is 4.99 Å². The molecule has 8 nitrogen and oxygen atoms in total. The number of benzene rings is 3. The van der Waals surface area contributed by atoms with Crippen molar-refractivity contribution in [2.75, 3.05) is 0 Å². The summed E-state index contributed by atoms with van der Waals surface area (Å²) in [5.74, 6) is 2.06. The summed E-state index contributed by atoms with van der Waals surface area (Å²) in [5, 5.41) is 8.40. The fraction of sp³-hybridized carbons (Fsp3) is 0.185. The molecule has 0 atom stereocenters. The first kappa shape index (κ1) is 24.9. The summed E-state index contributed by atoms with van der Waals surface area (Å²) in [6, 6.07) is 24.0. The number of amidine groups is 1. The number of aromatic amines is 1. The van der Waals surface area contributed by atoms with Gasteiger partial charge in [0.2, 0.25) is 0 Å². The van der Waals surface area contributed by atoms with E-state index >= 15 is 0 Å². The number of imidazole rings is 1. The van der Waals surface area contributed by atoms with Crippen LogP contribution in [-0.4, -0.2) is 36.8 Å². The van der Waals surface area contributed by atoms with Crippen LogP contribution in [0.5, 0.6) is 5.75 Å². The molecule has 2 aromatic heterocycles. The van der Waals surface area contributed by atoms with Crippen LogP contribution < -0.4 is 10.5 Å². The van der Waals surface area contributed by atoms with Gasteiger partial charge in [-0.15, -0.1) is 17.5 Å². The van der Waals surface area contributed by atoms with Crippen molar-refractivity contribution in [1.29, 1.82) is 0 Å². The molecule has 0 unspecified atom stereocenters.